The molecule has 12 heteroatoms. The molecule has 0 bridgehead atoms. The highest BCUT2D eigenvalue weighted by Gasteiger charge is 2.26. The zero-order valence-corrected chi connectivity index (χ0v) is 21.7. The van der Waals surface area contributed by atoms with Gasteiger partial charge in [-0.2, -0.15) is 9.78 Å². The molecule has 0 aliphatic carbocycles. The van der Waals surface area contributed by atoms with Crippen molar-refractivity contribution in [1.29, 1.82) is 0 Å². The predicted molar refractivity (Wildman–Crippen MR) is 134 cm³/mol. The Morgan fingerprint density at radius 3 is 2.53 bits per heavy atom. The number of benzene rings is 2. The number of carbonyl (C=O) groups is 1. The lowest BCUT2D eigenvalue weighted by Crippen LogP contribution is -2.29. The quantitative estimate of drug-likeness (QED) is 0.244. The highest BCUT2D eigenvalue weighted by molar-refractivity contribution is 9.10. The Hall–Kier alpha value is -3.12. The molecule has 1 aromatic heterocycles. The summed E-state index contributed by atoms with van der Waals surface area (Å²) in [7, 11) is 0. The molecule has 0 spiro atoms. The van der Waals surface area contributed by atoms with E-state index >= 15 is 0 Å². The molecule has 2 aromatic carbocycles. The number of aliphatic carboxylic acids is 1. The normalized spacial score (nSPS) is 12.8. The van der Waals surface area contributed by atoms with Crippen LogP contribution >= 0.6 is 31.9 Å². The minimum atomic E-state index is -1.36. The van der Waals surface area contributed by atoms with Gasteiger partial charge in [0.2, 0.25) is 5.75 Å². The van der Waals surface area contributed by atoms with Gasteiger partial charge in [-0.05, 0) is 31.2 Å². The van der Waals surface area contributed by atoms with Gasteiger partial charge in [-0.15, -0.1) is 0 Å². The second kappa shape index (κ2) is 9.63. The van der Waals surface area contributed by atoms with Crippen molar-refractivity contribution >= 4 is 60.6 Å². The Labute approximate surface area is 210 Å². The zero-order chi connectivity index (χ0) is 25.4. The number of nitro benzene ring substituents is 1. The minimum absolute atomic E-state index is 0.107. The van der Waals surface area contributed by atoms with Crippen LogP contribution in [0.3, 0.4) is 0 Å². The standard InChI is InChI=1S/C22H20Br2N4O6/c1-11(20(30)31)34-18-12(7-14(24)9-17(18)28(32)33)10-25-27-19(29)15-8-13(23)5-6-16(15)26-21(27)22(2,3)4/h5-11H,1-4H3,(H,30,31)/t11-/m0/s1. The van der Waals surface area contributed by atoms with Crippen LogP contribution in [0.5, 0.6) is 5.75 Å². The highest BCUT2D eigenvalue weighted by Crippen LogP contribution is 2.35. The van der Waals surface area contributed by atoms with Crippen molar-refractivity contribution < 1.29 is 19.6 Å². The lowest BCUT2D eigenvalue weighted by Gasteiger charge is -2.21. The summed E-state index contributed by atoms with van der Waals surface area (Å²) in [5.74, 6) is -1.21. The fourth-order valence-electron chi connectivity index (χ4n) is 3.05. The van der Waals surface area contributed by atoms with Crippen LogP contribution in [0.1, 0.15) is 39.1 Å². The fraction of sp³-hybridized carbons (Fsp3) is 0.273. The molecular formula is C22H20Br2N4O6. The van der Waals surface area contributed by atoms with Gasteiger partial charge < -0.3 is 9.84 Å². The lowest BCUT2D eigenvalue weighted by atomic mass is 9.95. The van der Waals surface area contributed by atoms with E-state index in [0.717, 1.165) is 4.68 Å². The van der Waals surface area contributed by atoms with E-state index < -0.39 is 33.7 Å². The molecule has 0 aliphatic rings. The number of hydrogen-bond donors (Lipinski definition) is 1. The van der Waals surface area contributed by atoms with Gasteiger partial charge in [0.1, 0.15) is 5.82 Å². The second-order valence-corrected chi connectivity index (χ2v) is 10.2. The summed E-state index contributed by atoms with van der Waals surface area (Å²) in [5.41, 5.74) is -0.846. The maximum absolute atomic E-state index is 13.3. The molecule has 0 unspecified atom stereocenters. The number of halogens is 2. The van der Waals surface area contributed by atoms with Gasteiger partial charge in [0.15, 0.2) is 6.10 Å². The smallest absolute Gasteiger partial charge is 0.344 e. The predicted octanol–water partition coefficient (Wildman–Crippen LogP) is 4.86. The average Bonchev–Trinajstić information content (AvgIpc) is 2.73. The Balaban J connectivity index is 2.27. The number of fused-ring (bicyclic) bond motifs is 1. The zero-order valence-electron chi connectivity index (χ0n) is 18.6. The van der Waals surface area contributed by atoms with Gasteiger partial charge in [0, 0.05) is 26.0 Å². The second-order valence-electron chi connectivity index (χ2n) is 8.41. The SMILES string of the molecule is C[C@H](Oc1c(C=Nn2c(C(C)(C)C)nc3ccc(Br)cc3c2=O)cc(Br)cc1[N+](=O)[O-])C(=O)O. The average molecular weight is 596 g/mol. The van der Waals surface area contributed by atoms with Crippen LogP contribution in [0.15, 0.2) is 49.2 Å². The van der Waals surface area contributed by atoms with Crippen LogP contribution in [-0.4, -0.2) is 38.0 Å². The molecule has 0 saturated heterocycles. The summed E-state index contributed by atoms with van der Waals surface area (Å²) in [5, 5.41) is 25.5. The third kappa shape index (κ3) is 5.33. The number of aromatic nitrogens is 2. The van der Waals surface area contributed by atoms with E-state index in [9.17, 15) is 24.8 Å². The van der Waals surface area contributed by atoms with Crippen LogP contribution in [0.2, 0.25) is 0 Å². The first-order chi connectivity index (χ1) is 15.8. The Bertz CT molecular complexity index is 1390. The summed E-state index contributed by atoms with van der Waals surface area (Å²) in [4.78, 5) is 40.2. The molecule has 10 nitrogen and oxygen atoms in total. The first-order valence-electron chi connectivity index (χ1n) is 9.94. The number of hydrogen-bond acceptors (Lipinski definition) is 7. The molecule has 3 aromatic rings. The van der Waals surface area contributed by atoms with Gasteiger partial charge in [-0.25, -0.2) is 9.78 Å². The number of rotatable bonds is 6. The Morgan fingerprint density at radius 2 is 1.94 bits per heavy atom. The molecule has 178 valence electrons. The molecule has 34 heavy (non-hydrogen) atoms. The lowest BCUT2D eigenvalue weighted by molar-refractivity contribution is -0.386. The van der Waals surface area contributed by atoms with Crippen LogP contribution in [0, 0.1) is 10.1 Å². The van der Waals surface area contributed by atoms with E-state index in [2.05, 4.69) is 41.9 Å². The maximum Gasteiger partial charge on any atom is 0.344 e. The molecule has 1 N–H and O–H groups in total. The summed E-state index contributed by atoms with van der Waals surface area (Å²) in [6, 6.07) is 7.82. The van der Waals surface area contributed by atoms with Crippen LogP contribution < -0.4 is 10.3 Å². The summed E-state index contributed by atoms with van der Waals surface area (Å²) in [6.07, 6.45) is -0.149. The van der Waals surface area contributed by atoms with Crippen LogP contribution in [0.4, 0.5) is 5.69 Å². The molecule has 1 atom stereocenters. The molecule has 0 amide bonds. The number of ether oxygens (including phenoxy) is 1. The van der Waals surface area contributed by atoms with Gasteiger partial charge in [0.25, 0.3) is 5.56 Å². The number of carboxylic acids is 1. The molecule has 0 aliphatic heterocycles. The Kier molecular flexibility index (Phi) is 7.22. The van der Waals surface area contributed by atoms with E-state index in [1.54, 1.807) is 18.2 Å². The number of nitrogens with zero attached hydrogens (tertiary/aromatic N) is 4. The van der Waals surface area contributed by atoms with Gasteiger partial charge in [0.05, 0.1) is 22.0 Å². The third-order valence-electron chi connectivity index (χ3n) is 4.69. The molecule has 0 fully saturated rings. The monoisotopic (exact) mass is 594 g/mol. The van der Waals surface area contributed by atoms with E-state index in [-0.39, 0.29) is 11.3 Å². The van der Waals surface area contributed by atoms with Crippen molar-refractivity contribution in [3.05, 3.63) is 71.1 Å². The number of nitro groups is 1. The highest BCUT2D eigenvalue weighted by atomic mass is 79.9. The molecule has 0 radical (unpaired) electrons. The van der Waals surface area contributed by atoms with E-state index in [1.165, 1.54) is 25.3 Å². The minimum Gasteiger partial charge on any atom is -0.479 e. The molecule has 3 rings (SSSR count). The molecular weight excluding hydrogens is 576 g/mol. The number of carboxylic acid groups (broad SMARTS) is 1. The van der Waals surface area contributed by atoms with Crippen molar-refractivity contribution in [2.24, 2.45) is 5.10 Å². The first-order valence-corrected chi connectivity index (χ1v) is 11.5. The fourth-order valence-corrected chi connectivity index (χ4v) is 3.87. The van der Waals surface area contributed by atoms with Gasteiger partial charge >= 0.3 is 11.7 Å². The largest absolute Gasteiger partial charge is 0.479 e. The van der Waals surface area contributed by atoms with Crippen molar-refractivity contribution in [3.8, 4) is 5.75 Å². The third-order valence-corrected chi connectivity index (χ3v) is 5.64. The van der Waals surface area contributed by atoms with Gasteiger partial charge in [-0.1, -0.05) is 52.6 Å². The van der Waals surface area contributed by atoms with E-state index in [1.807, 2.05) is 20.8 Å². The van der Waals surface area contributed by atoms with E-state index in [0.29, 0.717) is 25.7 Å². The molecule has 0 saturated carbocycles. The first kappa shape index (κ1) is 25.5. The maximum atomic E-state index is 13.3. The van der Waals surface area contributed by atoms with Crippen molar-refractivity contribution in [1.82, 2.24) is 9.66 Å². The van der Waals surface area contributed by atoms with Crippen LogP contribution in [-0.2, 0) is 10.2 Å². The van der Waals surface area contributed by atoms with Crippen molar-refractivity contribution in [3.63, 3.8) is 0 Å². The van der Waals surface area contributed by atoms with Gasteiger partial charge in [-0.3, -0.25) is 14.9 Å². The topological polar surface area (TPSA) is 137 Å². The van der Waals surface area contributed by atoms with Crippen molar-refractivity contribution in [2.45, 2.75) is 39.2 Å². The summed E-state index contributed by atoms with van der Waals surface area (Å²) in [6.45, 7) is 6.87. The molecule has 1 heterocycles. The summed E-state index contributed by atoms with van der Waals surface area (Å²) < 4.78 is 7.57. The van der Waals surface area contributed by atoms with E-state index in [4.69, 9.17) is 4.74 Å². The Morgan fingerprint density at radius 1 is 1.26 bits per heavy atom. The van der Waals surface area contributed by atoms with Crippen LogP contribution in [0.25, 0.3) is 10.9 Å². The van der Waals surface area contributed by atoms with Crippen molar-refractivity contribution in [2.75, 3.05) is 0 Å². The summed E-state index contributed by atoms with van der Waals surface area (Å²) >= 11 is 6.56.